The minimum atomic E-state index is -0.626. The van der Waals surface area contributed by atoms with Gasteiger partial charge in [0.2, 0.25) is 0 Å². The summed E-state index contributed by atoms with van der Waals surface area (Å²) in [4.78, 5) is 0. The van der Waals surface area contributed by atoms with Crippen molar-refractivity contribution < 1.29 is 5.11 Å². The highest BCUT2D eigenvalue weighted by Gasteiger charge is 2.45. The number of rotatable bonds is 3. The lowest BCUT2D eigenvalue weighted by Crippen LogP contribution is -2.25. The minimum absolute atomic E-state index is 0.544. The Labute approximate surface area is 115 Å². The molecule has 19 heavy (non-hydrogen) atoms. The van der Waals surface area contributed by atoms with Gasteiger partial charge in [0.15, 0.2) is 0 Å². The van der Waals surface area contributed by atoms with Crippen LogP contribution in [0.3, 0.4) is 0 Å². The van der Waals surface area contributed by atoms with Crippen LogP contribution in [0.5, 0.6) is 0 Å². The van der Waals surface area contributed by atoms with Crippen molar-refractivity contribution in [1.82, 2.24) is 0 Å². The molecule has 0 radical (unpaired) electrons. The van der Waals surface area contributed by atoms with Crippen molar-refractivity contribution in [2.24, 2.45) is 11.3 Å². The fraction of sp³-hybridized carbons (Fsp3) is 0.588. The summed E-state index contributed by atoms with van der Waals surface area (Å²) in [6, 6.07) is 10.6. The number of nitrogens with zero attached hydrogens (tertiary/aromatic N) is 1. The highest BCUT2D eigenvalue weighted by atomic mass is 16.3. The van der Waals surface area contributed by atoms with Gasteiger partial charge in [-0.25, -0.2) is 0 Å². The van der Waals surface area contributed by atoms with E-state index in [1.54, 1.807) is 0 Å². The predicted octanol–water partition coefficient (Wildman–Crippen LogP) is 3.93. The van der Waals surface area contributed by atoms with Crippen molar-refractivity contribution >= 4 is 0 Å². The number of hydrogen-bond acceptors (Lipinski definition) is 2. The van der Waals surface area contributed by atoms with Crippen LogP contribution in [0.1, 0.15) is 62.2 Å². The zero-order chi connectivity index (χ0) is 13.5. The maximum absolute atomic E-state index is 10.8. The summed E-state index contributed by atoms with van der Waals surface area (Å²) in [6.45, 7) is 2.18. The van der Waals surface area contributed by atoms with E-state index in [0.29, 0.717) is 11.8 Å². The van der Waals surface area contributed by atoms with Gasteiger partial charge >= 0.3 is 0 Å². The Hall–Kier alpha value is -1.33. The molecule has 1 aromatic rings. The predicted molar refractivity (Wildman–Crippen MR) is 74.4 cm³/mol. The third-order valence-corrected chi connectivity index (χ3v) is 4.85. The molecule has 0 aliphatic heterocycles. The highest BCUT2D eigenvalue weighted by molar-refractivity contribution is 5.37. The van der Waals surface area contributed by atoms with Gasteiger partial charge in [0.05, 0.1) is 17.6 Å². The first-order valence-electron chi connectivity index (χ1n) is 7.34. The summed E-state index contributed by atoms with van der Waals surface area (Å²) in [7, 11) is 0. The third-order valence-electron chi connectivity index (χ3n) is 4.85. The van der Waals surface area contributed by atoms with Gasteiger partial charge in [-0.1, -0.05) is 31.2 Å². The molecule has 0 aromatic heterocycles. The van der Waals surface area contributed by atoms with Gasteiger partial charge < -0.3 is 5.11 Å². The van der Waals surface area contributed by atoms with Gasteiger partial charge in [-0.3, -0.25) is 0 Å². The van der Waals surface area contributed by atoms with Gasteiger partial charge in [-0.15, -0.1) is 0 Å². The van der Waals surface area contributed by atoms with Crippen molar-refractivity contribution in [1.29, 1.82) is 5.26 Å². The van der Waals surface area contributed by atoms with Crippen LogP contribution >= 0.6 is 0 Å². The standard InChI is InChI=1S/C17H21NO/c1-12-8-9-17(10-12,11-18)16(19)15-5-3-2-4-14(15)13-6-7-13/h2-5,12-13,16,19H,6-10H2,1H3. The molecule has 0 spiro atoms. The molecular formula is C17H21NO. The Kier molecular flexibility index (Phi) is 3.11. The van der Waals surface area contributed by atoms with Gasteiger partial charge in [-0.2, -0.15) is 5.26 Å². The number of benzene rings is 1. The molecule has 0 heterocycles. The van der Waals surface area contributed by atoms with Crippen molar-refractivity contribution in [2.75, 3.05) is 0 Å². The molecule has 100 valence electrons. The topological polar surface area (TPSA) is 44.0 Å². The first kappa shape index (κ1) is 12.7. The Balaban J connectivity index is 1.95. The number of aliphatic hydroxyl groups is 1. The Morgan fingerprint density at radius 1 is 1.32 bits per heavy atom. The Morgan fingerprint density at radius 2 is 2.05 bits per heavy atom. The first-order valence-corrected chi connectivity index (χ1v) is 7.34. The van der Waals surface area contributed by atoms with Crippen LogP contribution in [0.4, 0.5) is 0 Å². The van der Waals surface area contributed by atoms with Gasteiger partial charge in [0.1, 0.15) is 0 Å². The van der Waals surface area contributed by atoms with E-state index >= 15 is 0 Å². The van der Waals surface area contributed by atoms with E-state index in [1.807, 2.05) is 18.2 Å². The monoisotopic (exact) mass is 255 g/mol. The molecule has 2 saturated carbocycles. The molecule has 0 amide bonds. The van der Waals surface area contributed by atoms with Crippen LogP contribution in [0.2, 0.25) is 0 Å². The van der Waals surface area contributed by atoms with Crippen LogP contribution in [0.25, 0.3) is 0 Å². The summed E-state index contributed by atoms with van der Waals surface area (Å²) < 4.78 is 0. The van der Waals surface area contributed by atoms with Crippen molar-refractivity contribution in [2.45, 2.75) is 51.0 Å². The molecule has 2 heteroatoms. The third kappa shape index (κ3) is 2.17. The largest absolute Gasteiger partial charge is 0.387 e. The molecule has 1 N–H and O–H groups in total. The molecule has 2 nitrogen and oxygen atoms in total. The molecule has 3 atom stereocenters. The fourth-order valence-electron chi connectivity index (χ4n) is 3.56. The van der Waals surface area contributed by atoms with Crippen molar-refractivity contribution in [3.63, 3.8) is 0 Å². The van der Waals surface area contributed by atoms with Gasteiger partial charge in [0.25, 0.3) is 0 Å². The Morgan fingerprint density at radius 3 is 2.63 bits per heavy atom. The summed E-state index contributed by atoms with van der Waals surface area (Å²) >= 11 is 0. The molecule has 2 fully saturated rings. The van der Waals surface area contributed by atoms with Crippen LogP contribution in [-0.2, 0) is 0 Å². The Bertz CT molecular complexity index is 514. The lowest BCUT2D eigenvalue weighted by molar-refractivity contribution is 0.0639. The lowest BCUT2D eigenvalue weighted by Gasteiger charge is -2.29. The molecule has 2 aliphatic rings. The van der Waals surface area contributed by atoms with Crippen LogP contribution in [0.15, 0.2) is 24.3 Å². The number of nitriles is 1. The molecule has 2 aliphatic carbocycles. The van der Waals surface area contributed by atoms with E-state index in [1.165, 1.54) is 18.4 Å². The van der Waals surface area contributed by atoms with E-state index in [2.05, 4.69) is 19.1 Å². The molecule has 3 rings (SSSR count). The van der Waals surface area contributed by atoms with E-state index in [0.717, 1.165) is 24.8 Å². The average molecular weight is 255 g/mol. The second kappa shape index (κ2) is 4.65. The van der Waals surface area contributed by atoms with Crippen LogP contribution < -0.4 is 0 Å². The minimum Gasteiger partial charge on any atom is -0.387 e. The molecule has 0 bridgehead atoms. The molecular weight excluding hydrogens is 234 g/mol. The van der Waals surface area contributed by atoms with Crippen LogP contribution in [-0.4, -0.2) is 5.11 Å². The molecule has 3 unspecified atom stereocenters. The summed E-state index contributed by atoms with van der Waals surface area (Å²) in [6.07, 6.45) is 4.52. The highest BCUT2D eigenvalue weighted by Crippen LogP contribution is 2.52. The fourth-order valence-corrected chi connectivity index (χ4v) is 3.56. The number of aliphatic hydroxyl groups excluding tert-OH is 1. The number of hydrogen-bond donors (Lipinski definition) is 1. The van der Waals surface area contributed by atoms with Crippen molar-refractivity contribution in [3.8, 4) is 6.07 Å². The maximum Gasteiger partial charge on any atom is 0.0979 e. The van der Waals surface area contributed by atoms with Crippen LogP contribution in [0, 0.1) is 22.7 Å². The maximum atomic E-state index is 10.8. The molecule has 0 saturated heterocycles. The van der Waals surface area contributed by atoms with Gasteiger partial charge in [0, 0.05) is 0 Å². The summed E-state index contributed by atoms with van der Waals surface area (Å²) in [5, 5.41) is 20.4. The van der Waals surface area contributed by atoms with E-state index < -0.39 is 11.5 Å². The second-order valence-electron chi connectivity index (χ2n) is 6.42. The second-order valence-corrected chi connectivity index (χ2v) is 6.42. The summed E-state index contributed by atoms with van der Waals surface area (Å²) in [5.74, 6) is 1.16. The zero-order valence-electron chi connectivity index (χ0n) is 11.5. The van der Waals surface area contributed by atoms with Gasteiger partial charge in [-0.05, 0) is 55.1 Å². The van der Waals surface area contributed by atoms with E-state index in [4.69, 9.17) is 0 Å². The first-order chi connectivity index (χ1) is 9.16. The lowest BCUT2D eigenvalue weighted by atomic mass is 9.76. The smallest absolute Gasteiger partial charge is 0.0979 e. The van der Waals surface area contributed by atoms with E-state index in [-0.39, 0.29) is 0 Å². The normalized spacial score (nSPS) is 31.9. The summed E-state index contributed by atoms with van der Waals surface area (Å²) in [5.41, 5.74) is 1.70. The van der Waals surface area contributed by atoms with E-state index in [9.17, 15) is 10.4 Å². The zero-order valence-corrected chi connectivity index (χ0v) is 11.5. The SMILES string of the molecule is CC1CCC(C#N)(C(O)c2ccccc2C2CC2)C1. The van der Waals surface area contributed by atoms with Crippen molar-refractivity contribution in [3.05, 3.63) is 35.4 Å². The quantitative estimate of drug-likeness (QED) is 0.889. The average Bonchev–Trinajstić information content (AvgIpc) is 3.21. The molecule has 1 aromatic carbocycles.